The maximum atomic E-state index is 11.9. The second-order valence-electron chi connectivity index (χ2n) is 6.94. The Labute approximate surface area is 178 Å². The molecular formula is C20H21N3O7S. The van der Waals surface area contributed by atoms with Crippen molar-refractivity contribution in [3.63, 3.8) is 0 Å². The van der Waals surface area contributed by atoms with Crippen LogP contribution >= 0.6 is 0 Å². The number of benzene rings is 1. The van der Waals surface area contributed by atoms with Crippen LogP contribution in [0.3, 0.4) is 0 Å². The zero-order chi connectivity index (χ0) is 22.4. The van der Waals surface area contributed by atoms with Crippen molar-refractivity contribution in [3.8, 4) is 11.5 Å². The number of amides is 1. The highest BCUT2D eigenvalue weighted by atomic mass is 32.2. The van der Waals surface area contributed by atoms with Crippen LogP contribution in [0.1, 0.15) is 25.7 Å². The highest BCUT2D eigenvalue weighted by Gasteiger charge is 2.12. The molecule has 0 radical (unpaired) electrons. The van der Waals surface area contributed by atoms with Crippen molar-refractivity contribution in [2.75, 3.05) is 11.1 Å². The third-order valence-electron chi connectivity index (χ3n) is 4.42. The average Bonchev–Trinajstić information content (AvgIpc) is 3.10. The summed E-state index contributed by atoms with van der Waals surface area (Å²) < 4.78 is 39.6. The SMILES string of the molecule is O=C(O)CCCC(=O)Nc1ccc2nc(-c3cc[n+](CCCS(=O)(=O)[O-])cc3)oc2c1. The van der Waals surface area contributed by atoms with Gasteiger partial charge in [0.05, 0.1) is 10.1 Å². The van der Waals surface area contributed by atoms with Gasteiger partial charge >= 0.3 is 5.97 Å². The molecule has 0 atom stereocenters. The topological polar surface area (TPSA) is 154 Å². The third-order valence-corrected chi connectivity index (χ3v) is 5.20. The zero-order valence-corrected chi connectivity index (χ0v) is 17.3. The predicted octanol–water partition coefficient (Wildman–Crippen LogP) is 1.91. The normalized spacial score (nSPS) is 11.5. The highest BCUT2D eigenvalue weighted by molar-refractivity contribution is 7.85. The van der Waals surface area contributed by atoms with Crippen molar-refractivity contribution in [3.05, 3.63) is 42.7 Å². The van der Waals surface area contributed by atoms with Crippen LogP contribution in [0.4, 0.5) is 5.69 Å². The van der Waals surface area contributed by atoms with E-state index in [9.17, 15) is 22.6 Å². The Morgan fingerprint density at radius 3 is 2.55 bits per heavy atom. The minimum atomic E-state index is -4.22. The number of carbonyl (C=O) groups excluding carboxylic acids is 1. The van der Waals surface area contributed by atoms with Crippen LogP contribution in [-0.2, 0) is 26.3 Å². The van der Waals surface area contributed by atoms with Crippen molar-refractivity contribution in [2.24, 2.45) is 0 Å². The zero-order valence-electron chi connectivity index (χ0n) is 16.5. The summed E-state index contributed by atoms with van der Waals surface area (Å²) in [6, 6.07) is 8.57. The van der Waals surface area contributed by atoms with Crippen LogP contribution in [0.5, 0.6) is 0 Å². The lowest BCUT2D eigenvalue weighted by atomic mass is 10.2. The number of aryl methyl sites for hydroxylation is 1. The van der Waals surface area contributed by atoms with Crippen molar-refractivity contribution in [1.29, 1.82) is 0 Å². The molecule has 11 heteroatoms. The van der Waals surface area contributed by atoms with E-state index in [2.05, 4.69) is 10.3 Å². The molecule has 0 aliphatic heterocycles. The number of aliphatic carboxylic acids is 1. The number of fused-ring (bicyclic) bond motifs is 1. The Bertz CT molecular complexity index is 1190. The van der Waals surface area contributed by atoms with E-state index in [1.165, 1.54) is 0 Å². The number of pyridine rings is 1. The minimum Gasteiger partial charge on any atom is -0.748 e. The predicted molar refractivity (Wildman–Crippen MR) is 109 cm³/mol. The summed E-state index contributed by atoms with van der Waals surface area (Å²) in [5.74, 6) is -1.25. The maximum Gasteiger partial charge on any atom is 0.303 e. The lowest BCUT2D eigenvalue weighted by molar-refractivity contribution is -0.696. The van der Waals surface area contributed by atoms with Gasteiger partial charge in [0, 0.05) is 54.5 Å². The molecule has 0 aliphatic rings. The monoisotopic (exact) mass is 447 g/mol. The van der Waals surface area contributed by atoms with Gasteiger partial charge in [0.15, 0.2) is 18.0 Å². The molecule has 0 saturated carbocycles. The number of carbonyl (C=O) groups is 2. The molecule has 1 amide bonds. The first kappa shape index (κ1) is 22.4. The summed E-state index contributed by atoms with van der Waals surface area (Å²) in [5, 5.41) is 11.3. The molecule has 2 heterocycles. The molecule has 0 spiro atoms. The smallest absolute Gasteiger partial charge is 0.303 e. The molecule has 0 aliphatic carbocycles. The molecular weight excluding hydrogens is 426 g/mol. The van der Waals surface area contributed by atoms with Crippen molar-refractivity contribution >= 4 is 38.8 Å². The molecule has 3 rings (SSSR count). The summed E-state index contributed by atoms with van der Waals surface area (Å²) in [6.07, 6.45) is 4.01. The van der Waals surface area contributed by atoms with E-state index in [1.807, 2.05) is 0 Å². The Morgan fingerprint density at radius 1 is 1.13 bits per heavy atom. The number of carboxylic acids is 1. The number of hydrogen-bond donors (Lipinski definition) is 2. The van der Waals surface area contributed by atoms with E-state index in [0.717, 1.165) is 0 Å². The van der Waals surface area contributed by atoms with E-state index in [1.54, 1.807) is 47.3 Å². The van der Waals surface area contributed by atoms with Crippen LogP contribution in [0, 0.1) is 0 Å². The highest BCUT2D eigenvalue weighted by Crippen LogP contribution is 2.26. The number of nitrogens with one attached hydrogen (secondary N) is 1. The van der Waals surface area contributed by atoms with Gasteiger partial charge in [0.1, 0.15) is 12.1 Å². The first-order valence-electron chi connectivity index (χ1n) is 9.55. The lowest BCUT2D eigenvalue weighted by Crippen LogP contribution is -2.33. The number of anilines is 1. The first-order chi connectivity index (χ1) is 14.7. The molecule has 0 fully saturated rings. The number of oxazole rings is 1. The van der Waals surface area contributed by atoms with Gasteiger partial charge in [0.25, 0.3) is 0 Å². The molecule has 1 aromatic carbocycles. The van der Waals surface area contributed by atoms with E-state index >= 15 is 0 Å². The third kappa shape index (κ3) is 6.86. The Balaban J connectivity index is 1.64. The van der Waals surface area contributed by atoms with Crippen LogP contribution < -0.4 is 9.88 Å². The van der Waals surface area contributed by atoms with Gasteiger partial charge in [-0.25, -0.2) is 18.0 Å². The van der Waals surface area contributed by atoms with Gasteiger partial charge in [-0.1, -0.05) is 0 Å². The summed E-state index contributed by atoms with van der Waals surface area (Å²) in [6.45, 7) is 0.394. The van der Waals surface area contributed by atoms with Crippen LogP contribution in [0.25, 0.3) is 22.6 Å². The molecule has 2 aromatic heterocycles. The summed E-state index contributed by atoms with van der Waals surface area (Å²) in [5.41, 5.74) is 2.32. The van der Waals surface area contributed by atoms with Crippen LogP contribution in [-0.4, -0.2) is 40.7 Å². The molecule has 0 bridgehead atoms. The fraction of sp³-hybridized carbons (Fsp3) is 0.300. The van der Waals surface area contributed by atoms with E-state index in [0.29, 0.717) is 34.8 Å². The Hall–Kier alpha value is -3.31. The Kier molecular flexibility index (Phi) is 6.98. The van der Waals surface area contributed by atoms with Gasteiger partial charge in [-0.2, -0.15) is 0 Å². The fourth-order valence-electron chi connectivity index (χ4n) is 2.92. The number of carboxylic acid groups (broad SMARTS) is 1. The molecule has 2 N–H and O–H groups in total. The van der Waals surface area contributed by atoms with Gasteiger partial charge in [-0.3, -0.25) is 9.59 Å². The number of hydrogen-bond acceptors (Lipinski definition) is 7. The fourth-order valence-corrected chi connectivity index (χ4v) is 3.41. The van der Waals surface area contributed by atoms with Gasteiger partial charge in [-0.15, -0.1) is 0 Å². The molecule has 31 heavy (non-hydrogen) atoms. The minimum absolute atomic E-state index is 0.0628. The second-order valence-corrected chi connectivity index (χ2v) is 8.46. The second kappa shape index (κ2) is 9.67. The molecule has 0 saturated heterocycles. The molecule has 164 valence electrons. The standard InChI is InChI=1S/C20H21N3O7S/c24-18(3-1-4-19(25)26)21-15-5-6-16-17(13-15)30-20(22-16)14-7-10-23(11-8-14)9-2-12-31(27,28)29/h5-8,10-11,13H,1-4,9,12H2,(H2,25,26,27,28,29). The molecule has 10 nitrogen and oxygen atoms in total. The van der Waals surface area contributed by atoms with Gasteiger partial charge in [0.2, 0.25) is 11.8 Å². The maximum absolute atomic E-state index is 11.9. The van der Waals surface area contributed by atoms with Crippen LogP contribution in [0.2, 0.25) is 0 Å². The van der Waals surface area contributed by atoms with Gasteiger partial charge in [-0.05, 0) is 18.6 Å². The first-order valence-corrected chi connectivity index (χ1v) is 11.1. The van der Waals surface area contributed by atoms with Crippen molar-refractivity contribution in [1.82, 2.24) is 4.98 Å². The van der Waals surface area contributed by atoms with Crippen molar-refractivity contribution < 1.29 is 36.7 Å². The molecule has 3 aromatic rings. The summed E-state index contributed by atoms with van der Waals surface area (Å²) in [4.78, 5) is 26.9. The van der Waals surface area contributed by atoms with Gasteiger partial charge < -0.3 is 19.4 Å². The van der Waals surface area contributed by atoms with Crippen molar-refractivity contribution in [2.45, 2.75) is 32.2 Å². The average molecular weight is 447 g/mol. The van der Waals surface area contributed by atoms with Crippen LogP contribution in [0.15, 0.2) is 47.1 Å². The number of aromatic nitrogens is 2. The summed E-state index contributed by atoms with van der Waals surface area (Å²) >= 11 is 0. The quantitative estimate of drug-likeness (QED) is 0.353. The molecule has 0 unspecified atom stereocenters. The largest absolute Gasteiger partial charge is 0.748 e. The lowest BCUT2D eigenvalue weighted by Gasteiger charge is -2.04. The summed E-state index contributed by atoms with van der Waals surface area (Å²) in [7, 11) is -4.22. The number of nitrogens with zero attached hydrogens (tertiary/aromatic N) is 2. The van der Waals surface area contributed by atoms with E-state index < -0.39 is 21.8 Å². The number of rotatable bonds is 10. The Morgan fingerprint density at radius 2 is 1.87 bits per heavy atom. The van der Waals surface area contributed by atoms with E-state index in [-0.39, 0.29) is 31.6 Å². The van der Waals surface area contributed by atoms with E-state index in [4.69, 9.17) is 9.52 Å².